The molecule has 32 heavy (non-hydrogen) atoms. The number of halogens is 3. The first-order valence-corrected chi connectivity index (χ1v) is 11.6. The molecule has 1 aromatic heterocycles. The molecule has 0 unspecified atom stereocenters. The van der Waals surface area contributed by atoms with E-state index in [1.165, 1.54) is 6.21 Å². The van der Waals surface area contributed by atoms with Crippen LogP contribution in [0.2, 0.25) is 0 Å². The lowest BCUT2D eigenvalue weighted by Gasteiger charge is -2.06. The molecule has 0 aliphatic heterocycles. The number of aromatic hydroxyl groups is 1. The zero-order valence-electron chi connectivity index (χ0n) is 16.2. The maximum Gasteiger partial charge on any atom is 0.311 e. The number of amides is 1. The highest BCUT2D eigenvalue weighted by Crippen LogP contribution is 2.38. The monoisotopic (exact) mass is 617 g/mol. The summed E-state index contributed by atoms with van der Waals surface area (Å²) >= 11 is 9.98. The van der Waals surface area contributed by atoms with Crippen molar-refractivity contribution in [3.8, 4) is 22.8 Å². The Morgan fingerprint density at radius 3 is 2.34 bits per heavy atom. The molecule has 0 spiro atoms. The van der Waals surface area contributed by atoms with Crippen molar-refractivity contribution >= 4 is 59.9 Å². The van der Waals surface area contributed by atoms with Crippen LogP contribution in [0.3, 0.4) is 0 Å². The zero-order chi connectivity index (χ0) is 22.7. The van der Waals surface area contributed by atoms with E-state index in [4.69, 9.17) is 0 Å². The number of para-hydroxylation sites is 1. The van der Waals surface area contributed by atoms with Crippen molar-refractivity contribution in [2.24, 2.45) is 5.10 Å². The van der Waals surface area contributed by atoms with Gasteiger partial charge in [0.05, 0.1) is 20.8 Å². The molecular weight excluding hydrogens is 606 g/mol. The van der Waals surface area contributed by atoms with E-state index in [2.05, 4.69) is 68.4 Å². The Morgan fingerprint density at radius 1 is 1.00 bits per heavy atom. The van der Waals surface area contributed by atoms with Gasteiger partial charge in [-0.1, -0.05) is 64.5 Å². The number of hydrogen-bond donors (Lipinski definition) is 2. The fourth-order valence-corrected chi connectivity index (χ4v) is 5.18. The lowest BCUT2D eigenvalue weighted by Crippen LogP contribution is -2.19. The number of hydrazone groups is 1. The first kappa shape index (κ1) is 22.4. The first-order chi connectivity index (χ1) is 15.5. The Kier molecular flexibility index (Phi) is 6.83. The molecule has 3 aromatic carbocycles. The Balaban J connectivity index is 1.63. The second-order valence-corrected chi connectivity index (χ2v) is 8.99. The molecule has 0 atom stereocenters. The van der Waals surface area contributed by atoms with Gasteiger partial charge in [-0.25, -0.2) is 15.1 Å². The summed E-state index contributed by atoms with van der Waals surface area (Å²) in [7, 11) is 0. The third-order valence-corrected chi connectivity index (χ3v) is 6.45. The van der Waals surface area contributed by atoms with Gasteiger partial charge in [0, 0.05) is 15.6 Å². The van der Waals surface area contributed by atoms with Crippen LogP contribution in [0.15, 0.2) is 85.2 Å². The van der Waals surface area contributed by atoms with Gasteiger partial charge in [-0.2, -0.15) is 5.10 Å². The molecule has 4 aromatic rings. The molecule has 0 saturated carbocycles. The minimum Gasteiger partial charge on any atom is -0.506 e. The number of rotatable bonds is 5. The zero-order valence-corrected chi connectivity index (χ0v) is 21.0. The summed E-state index contributed by atoms with van der Waals surface area (Å²) < 4.78 is 3.23. The fourth-order valence-electron chi connectivity index (χ4n) is 2.85. The van der Waals surface area contributed by atoms with Crippen LogP contribution in [-0.2, 0) is 0 Å². The minimum atomic E-state index is -0.568. The van der Waals surface area contributed by atoms with Crippen molar-refractivity contribution in [1.29, 1.82) is 0 Å². The number of nitrogens with one attached hydrogen (secondary N) is 1. The number of carbonyl (C=O) groups excluding carboxylic acids is 1. The second kappa shape index (κ2) is 9.76. The number of hydrogen-bond acceptors (Lipinski definition) is 5. The highest BCUT2D eigenvalue weighted by Gasteiger charge is 2.18. The maximum absolute atomic E-state index is 12.7. The van der Waals surface area contributed by atoms with Gasteiger partial charge in [0.1, 0.15) is 5.75 Å². The summed E-state index contributed by atoms with van der Waals surface area (Å²) in [6.45, 7) is 0. The third kappa shape index (κ3) is 4.67. The van der Waals surface area contributed by atoms with Gasteiger partial charge in [0.15, 0.2) is 5.82 Å². The van der Waals surface area contributed by atoms with E-state index in [0.717, 1.165) is 11.3 Å². The summed E-state index contributed by atoms with van der Waals surface area (Å²) in [5.74, 6) is -0.0330. The van der Waals surface area contributed by atoms with E-state index in [1.807, 2.05) is 60.7 Å². The van der Waals surface area contributed by atoms with Crippen LogP contribution in [0.4, 0.5) is 0 Å². The lowest BCUT2D eigenvalue weighted by atomic mass is 10.2. The van der Waals surface area contributed by atoms with Gasteiger partial charge in [0.2, 0.25) is 5.82 Å². The summed E-state index contributed by atoms with van der Waals surface area (Å²) in [6.07, 6.45) is 1.41. The van der Waals surface area contributed by atoms with Crippen molar-refractivity contribution in [3.63, 3.8) is 0 Å². The summed E-state index contributed by atoms with van der Waals surface area (Å²) in [5, 5.41) is 18.5. The van der Waals surface area contributed by atoms with Crippen LogP contribution >= 0.6 is 47.8 Å². The third-order valence-electron chi connectivity index (χ3n) is 4.38. The van der Waals surface area contributed by atoms with Crippen LogP contribution in [-0.4, -0.2) is 32.0 Å². The molecule has 0 fully saturated rings. The standard InChI is InChI=1S/C22H14Br3N5O2/c23-16-11-17(24)19(31)18(25)15(16)12-26-28-22(32)20-27-21(13-7-3-1-4-8-13)30(29-20)14-9-5-2-6-10-14/h1-12,31H,(H,28,32). The van der Waals surface area contributed by atoms with Crippen LogP contribution < -0.4 is 5.43 Å². The largest absolute Gasteiger partial charge is 0.506 e. The SMILES string of the molecule is O=C(NN=Cc1c(Br)cc(Br)c(O)c1Br)c1nc(-c2ccccc2)n(-c2ccccc2)n1. The molecule has 0 bridgehead atoms. The van der Waals surface area contributed by atoms with E-state index < -0.39 is 5.91 Å². The Bertz CT molecular complexity index is 1250. The number of phenolic OH excluding ortho intramolecular Hbond substituents is 1. The Hall–Kier alpha value is -2.82. The van der Waals surface area contributed by atoms with Crippen molar-refractivity contribution in [2.45, 2.75) is 0 Å². The second-order valence-electron chi connectivity index (χ2n) is 6.49. The van der Waals surface area contributed by atoms with Crippen molar-refractivity contribution in [2.75, 3.05) is 0 Å². The normalized spacial score (nSPS) is 11.1. The fraction of sp³-hybridized carbons (Fsp3) is 0. The number of aromatic nitrogens is 3. The van der Waals surface area contributed by atoms with Crippen molar-refractivity contribution in [1.82, 2.24) is 20.2 Å². The summed E-state index contributed by atoms with van der Waals surface area (Å²) in [6, 6.07) is 20.6. The Morgan fingerprint density at radius 2 is 1.66 bits per heavy atom. The van der Waals surface area contributed by atoms with Gasteiger partial charge < -0.3 is 5.11 Å². The number of carbonyl (C=O) groups is 1. The smallest absolute Gasteiger partial charge is 0.311 e. The molecule has 160 valence electrons. The van der Waals surface area contributed by atoms with E-state index >= 15 is 0 Å². The molecule has 7 nitrogen and oxygen atoms in total. The van der Waals surface area contributed by atoms with Crippen LogP contribution in [0.5, 0.6) is 5.75 Å². The van der Waals surface area contributed by atoms with Gasteiger partial charge >= 0.3 is 5.91 Å². The van der Waals surface area contributed by atoms with Crippen LogP contribution in [0.1, 0.15) is 16.2 Å². The van der Waals surface area contributed by atoms with Gasteiger partial charge in [0.25, 0.3) is 0 Å². The van der Waals surface area contributed by atoms with Crippen molar-refractivity contribution < 1.29 is 9.90 Å². The maximum atomic E-state index is 12.7. The number of nitrogens with zero attached hydrogens (tertiary/aromatic N) is 4. The molecule has 1 heterocycles. The molecule has 0 saturated heterocycles. The molecule has 0 aliphatic rings. The molecule has 10 heteroatoms. The predicted molar refractivity (Wildman–Crippen MR) is 133 cm³/mol. The number of phenols is 1. The topological polar surface area (TPSA) is 92.4 Å². The van der Waals surface area contributed by atoms with E-state index in [9.17, 15) is 9.90 Å². The average molecular weight is 620 g/mol. The number of benzene rings is 3. The summed E-state index contributed by atoms with van der Waals surface area (Å²) in [4.78, 5) is 17.2. The minimum absolute atomic E-state index is 0.0248. The Labute approximate surface area is 208 Å². The molecule has 4 rings (SSSR count). The first-order valence-electron chi connectivity index (χ1n) is 9.23. The van der Waals surface area contributed by atoms with E-state index in [-0.39, 0.29) is 11.6 Å². The van der Waals surface area contributed by atoms with Gasteiger partial charge in [-0.15, -0.1) is 5.10 Å². The van der Waals surface area contributed by atoms with Gasteiger partial charge in [-0.3, -0.25) is 4.79 Å². The lowest BCUT2D eigenvalue weighted by molar-refractivity contribution is 0.0945. The van der Waals surface area contributed by atoms with Gasteiger partial charge in [-0.05, 0) is 50.1 Å². The molecular formula is C22H14Br3N5O2. The van der Waals surface area contributed by atoms with E-state index in [0.29, 0.717) is 24.8 Å². The van der Waals surface area contributed by atoms with Crippen molar-refractivity contribution in [3.05, 3.63) is 91.5 Å². The quantitative estimate of drug-likeness (QED) is 0.222. The molecule has 2 N–H and O–H groups in total. The average Bonchev–Trinajstić information content (AvgIpc) is 3.26. The molecule has 0 radical (unpaired) electrons. The van der Waals surface area contributed by atoms with E-state index in [1.54, 1.807) is 10.7 Å². The molecule has 1 amide bonds. The van der Waals surface area contributed by atoms with Crippen LogP contribution in [0.25, 0.3) is 17.1 Å². The molecule has 0 aliphatic carbocycles. The highest BCUT2D eigenvalue weighted by atomic mass is 79.9. The predicted octanol–water partition coefficient (Wildman–Crippen LogP) is 5.69. The van der Waals surface area contributed by atoms with Crippen LogP contribution in [0, 0.1) is 0 Å². The summed E-state index contributed by atoms with van der Waals surface area (Å²) in [5.41, 5.74) is 4.59. The highest BCUT2D eigenvalue weighted by molar-refractivity contribution is 9.11.